The van der Waals surface area contributed by atoms with Crippen LogP contribution in [0.3, 0.4) is 0 Å². The standard InChI is InChI=1S/C39H49F8N3O5S2/c1-25(21-51)36(4,24-52)37(40,41)33(55-5)50-18-15-31(49-34(50)54)48-32(53)20-35(2,3)17-14-30(57-23-27-8-12-29(13-9-27)39(45,46)47)16-19-56-22-26-6-10-28(11-7-26)38(42,43)44/h6-13,15,18,25,30,33,51-52H,14,16-17,19-24H2,1-5H3,(H,48,49,53,54)/t25-,30-,33?,36?/m1/s1. The number of benzene rings is 2. The van der Waals surface area contributed by atoms with Crippen LogP contribution >= 0.6 is 23.5 Å². The fraction of sp³-hybridized carbons (Fsp3) is 0.564. The quantitative estimate of drug-likeness (QED) is 0.0718. The van der Waals surface area contributed by atoms with Gasteiger partial charge in [-0.05, 0) is 77.8 Å². The van der Waals surface area contributed by atoms with Gasteiger partial charge in [0.2, 0.25) is 12.1 Å². The fourth-order valence-corrected chi connectivity index (χ4v) is 8.30. The third-order valence-corrected chi connectivity index (χ3v) is 12.5. The molecule has 0 saturated heterocycles. The normalized spacial score (nSPS) is 15.5. The number of nitrogens with zero attached hydrogens (tertiary/aromatic N) is 2. The Morgan fingerprint density at radius 2 is 1.40 bits per heavy atom. The second-order valence-corrected chi connectivity index (χ2v) is 17.4. The monoisotopic (exact) mass is 855 g/mol. The van der Waals surface area contributed by atoms with Gasteiger partial charge in [-0.15, -0.1) is 0 Å². The molecule has 0 spiro atoms. The predicted molar refractivity (Wildman–Crippen MR) is 206 cm³/mol. The predicted octanol–water partition coefficient (Wildman–Crippen LogP) is 9.45. The molecule has 2 aromatic carbocycles. The summed E-state index contributed by atoms with van der Waals surface area (Å²) in [5.41, 5.74) is -3.96. The summed E-state index contributed by atoms with van der Waals surface area (Å²) in [5, 5.41) is 21.9. The van der Waals surface area contributed by atoms with E-state index in [9.17, 15) is 46.1 Å². The zero-order valence-corrected chi connectivity index (χ0v) is 33.9. The molecule has 0 fully saturated rings. The molecule has 0 aliphatic rings. The van der Waals surface area contributed by atoms with Gasteiger partial charge in [-0.3, -0.25) is 9.36 Å². The van der Waals surface area contributed by atoms with E-state index in [1.807, 2.05) is 13.8 Å². The lowest BCUT2D eigenvalue weighted by Crippen LogP contribution is -2.54. The molecule has 1 heterocycles. The fourth-order valence-electron chi connectivity index (χ4n) is 5.94. The number of carbonyl (C=O) groups is 1. The summed E-state index contributed by atoms with van der Waals surface area (Å²) in [7, 11) is 0.962. The van der Waals surface area contributed by atoms with Gasteiger partial charge in [0.05, 0.1) is 23.1 Å². The minimum absolute atomic E-state index is 0.0105. The van der Waals surface area contributed by atoms with Gasteiger partial charge in [0.25, 0.3) is 5.92 Å². The maximum Gasteiger partial charge on any atom is 0.416 e. The second-order valence-electron chi connectivity index (χ2n) is 15.0. The van der Waals surface area contributed by atoms with Crippen molar-refractivity contribution in [3.8, 4) is 0 Å². The zero-order valence-electron chi connectivity index (χ0n) is 32.2. The number of aliphatic hydroxyl groups excluding tert-OH is 2. The summed E-state index contributed by atoms with van der Waals surface area (Å²) >= 11 is 3.10. The number of halogens is 8. The maximum absolute atomic E-state index is 15.7. The van der Waals surface area contributed by atoms with Gasteiger partial charge < -0.3 is 20.3 Å². The van der Waals surface area contributed by atoms with Crippen LogP contribution in [0.15, 0.2) is 65.6 Å². The minimum atomic E-state index is -4.46. The van der Waals surface area contributed by atoms with Crippen LogP contribution in [0.25, 0.3) is 0 Å². The average molecular weight is 856 g/mol. The first-order valence-electron chi connectivity index (χ1n) is 18.0. The Morgan fingerprint density at radius 1 is 0.860 bits per heavy atom. The lowest BCUT2D eigenvalue weighted by molar-refractivity contribution is -0.251. The highest BCUT2D eigenvalue weighted by Gasteiger charge is 2.59. The number of nitrogens with one attached hydrogen (secondary N) is 1. The number of hydrogen-bond donors (Lipinski definition) is 3. The molecule has 3 rings (SSSR count). The first kappa shape index (κ1) is 48.2. The SMILES string of the molecule is COC(n1ccc(NC(=O)CC(C)(C)CC[C@H](CCSCc2ccc(C(F)(F)F)cc2)SCc2ccc(C(F)(F)F)cc2)nc1=O)C(F)(F)C(C)(CO)[C@H](C)CO. The van der Waals surface area contributed by atoms with Crippen molar-refractivity contribution in [3.63, 3.8) is 0 Å². The summed E-state index contributed by atoms with van der Waals surface area (Å²) < 4.78 is 115. The van der Waals surface area contributed by atoms with Crippen LogP contribution in [0.1, 0.15) is 81.9 Å². The molecular formula is C39H49F8N3O5S2. The highest BCUT2D eigenvalue weighted by molar-refractivity contribution is 7.99. The molecule has 18 heteroatoms. The largest absolute Gasteiger partial charge is 0.416 e. The van der Waals surface area contributed by atoms with Gasteiger partial charge in [0.1, 0.15) is 5.82 Å². The molecule has 1 amide bonds. The van der Waals surface area contributed by atoms with Crippen LogP contribution in [0, 0.1) is 16.7 Å². The van der Waals surface area contributed by atoms with Crippen molar-refractivity contribution in [1.82, 2.24) is 9.55 Å². The van der Waals surface area contributed by atoms with Crippen molar-refractivity contribution in [2.75, 3.05) is 31.4 Å². The number of anilines is 1. The van der Waals surface area contributed by atoms with E-state index in [4.69, 9.17) is 4.74 Å². The number of hydrogen-bond acceptors (Lipinski definition) is 8. The van der Waals surface area contributed by atoms with E-state index in [0.717, 1.165) is 56.1 Å². The average Bonchev–Trinajstić information content (AvgIpc) is 3.13. The van der Waals surface area contributed by atoms with Crippen LogP contribution in [0.5, 0.6) is 0 Å². The van der Waals surface area contributed by atoms with E-state index in [-0.39, 0.29) is 17.5 Å². The van der Waals surface area contributed by atoms with Crippen LogP contribution in [0.2, 0.25) is 0 Å². The molecule has 0 aliphatic carbocycles. The summed E-state index contributed by atoms with van der Waals surface area (Å²) in [4.78, 5) is 29.8. The molecule has 8 nitrogen and oxygen atoms in total. The molecule has 4 atom stereocenters. The molecule has 0 bridgehead atoms. The van der Waals surface area contributed by atoms with Gasteiger partial charge in [0.15, 0.2) is 0 Å². The van der Waals surface area contributed by atoms with Crippen molar-refractivity contribution < 1.29 is 54.9 Å². The highest BCUT2D eigenvalue weighted by atomic mass is 32.2. The number of thioether (sulfide) groups is 2. The van der Waals surface area contributed by atoms with E-state index >= 15 is 8.78 Å². The Bertz CT molecular complexity index is 1790. The van der Waals surface area contributed by atoms with Gasteiger partial charge >= 0.3 is 18.0 Å². The Kier molecular flexibility index (Phi) is 17.1. The molecule has 0 aliphatic heterocycles. The van der Waals surface area contributed by atoms with E-state index in [2.05, 4.69) is 10.3 Å². The summed E-state index contributed by atoms with van der Waals surface area (Å²) in [5.74, 6) is -4.04. The molecule has 3 N–H and O–H groups in total. The third kappa shape index (κ3) is 13.4. The van der Waals surface area contributed by atoms with E-state index in [0.29, 0.717) is 46.7 Å². The van der Waals surface area contributed by atoms with Crippen LogP contribution < -0.4 is 11.0 Å². The van der Waals surface area contributed by atoms with Crippen molar-refractivity contribution in [1.29, 1.82) is 0 Å². The molecule has 0 saturated carbocycles. The van der Waals surface area contributed by atoms with E-state index < -0.39 is 77.2 Å². The minimum Gasteiger partial charge on any atom is -0.396 e. The molecular weight excluding hydrogens is 807 g/mol. The van der Waals surface area contributed by atoms with E-state index in [1.54, 1.807) is 23.5 Å². The molecule has 318 valence electrons. The number of carbonyl (C=O) groups excluding carboxylic acids is 1. The lowest BCUT2D eigenvalue weighted by atomic mass is 9.73. The van der Waals surface area contributed by atoms with Gasteiger partial charge in [-0.2, -0.15) is 54.9 Å². The van der Waals surface area contributed by atoms with E-state index in [1.165, 1.54) is 31.2 Å². The summed E-state index contributed by atoms with van der Waals surface area (Å²) in [6, 6.07) is 11.0. The number of ether oxygens (including phenoxy) is 1. The van der Waals surface area contributed by atoms with Crippen molar-refractivity contribution in [2.24, 2.45) is 16.7 Å². The van der Waals surface area contributed by atoms with Crippen LogP contribution in [-0.4, -0.2) is 62.9 Å². The molecule has 2 unspecified atom stereocenters. The Balaban J connectivity index is 1.65. The number of amides is 1. The Labute approximate surface area is 335 Å². The molecule has 3 aromatic rings. The number of aromatic nitrogens is 2. The van der Waals surface area contributed by atoms with Crippen molar-refractivity contribution >= 4 is 35.2 Å². The number of methoxy groups -OCH3 is 1. The molecule has 0 radical (unpaired) electrons. The summed E-state index contributed by atoms with van der Waals surface area (Å²) in [6.07, 6.45) is -8.25. The van der Waals surface area contributed by atoms with Gasteiger partial charge in [0, 0.05) is 43.1 Å². The number of aliphatic hydroxyl groups is 2. The van der Waals surface area contributed by atoms with Crippen molar-refractivity contribution in [3.05, 3.63) is 93.5 Å². The first-order valence-corrected chi connectivity index (χ1v) is 20.2. The smallest absolute Gasteiger partial charge is 0.396 e. The number of alkyl halides is 8. The van der Waals surface area contributed by atoms with Crippen LogP contribution in [0.4, 0.5) is 40.9 Å². The molecule has 57 heavy (non-hydrogen) atoms. The third-order valence-electron chi connectivity index (χ3n) is 10.0. The Hall–Kier alpha value is -3.19. The van der Waals surface area contributed by atoms with Crippen LogP contribution in [-0.2, 0) is 33.4 Å². The second kappa shape index (κ2) is 20.2. The zero-order chi connectivity index (χ0) is 42.8. The van der Waals surface area contributed by atoms with Gasteiger partial charge in [-0.1, -0.05) is 52.0 Å². The van der Waals surface area contributed by atoms with Crippen molar-refractivity contribution in [2.45, 2.75) is 94.6 Å². The highest BCUT2D eigenvalue weighted by Crippen LogP contribution is 2.49. The summed E-state index contributed by atoms with van der Waals surface area (Å²) in [6.45, 7) is 4.46. The number of rotatable bonds is 21. The maximum atomic E-state index is 15.7. The molecule has 1 aromatic heterocycles. The topological polar surface area (TPSA) is 114 Å². The lowest BCUT2D eigenvalue weighted by Gasteiger charge is -2.43. The van der Waals surface area contributed by atoms with Gasteiger partial charge in [-0.25, -0.2) is 13.6 Å². The first-order chi connectivity index (χ1) is 26.5. The Morgan fingerprint density at radius 3 is 1.88 bits per heavy atom.